The quantitative estimate of drug-likeness (QED) is 0.878. The van der Waals surface area contributed by atoms with Crippen LogP contribution in [0.25, 0.3) is 0 Å². The van der Waals surface area contributed by atoms with Crippen molar-refractivity contribution in [3.05, 3.63) is 29.3 Å². The van der Waals surface area contributed by atoms with Crippen LogP contribution in [0.3, 0.4) is 0 Å². The summed E-state index contributed by atoms with van der Waals surface area (Å²) in [5.41, 5.74) is 4.60. The Kier molecular flexibility index (Phi) is 4.07. The first-order chi connectivity index (χ1) is 10.8. The molecule has 3 heterocycles. The van der Waals surface area contributed by atoms with Gasteiger partial charge in [0.05, 0.1) is 0 Å². The zero-order valence-electron chi connectivity index (χ0n) is 13.6. The first-order valence-electron chi connectivity index (χ1n) is 8.83. The number of nitrogens with zero attached hydrogens (tertiary/aromatic N) is 2. The molecule has 0 amide bonds. The van der Waals surface area contributed by atoms with E-state index in [1.165, 1.54) is 50.3 Å². The first-order valence-corrected chi connectivity index (χ1v) is 8.83. The van der Waals surface area contributed by atoms with Gasteiger partial charge in [0.2, 0.25) is 0 Å². The normalized spacial score (nSPS) is 28.5. The molecule has 0 saturated carbocycles. The summed E-state index contributed by atoms with van der Waals surface area (Å²) in [6.07, 6.45) is 3.92. The molecule has 2 unspecified atom stereocenters. The molecule has 2 fully saturated rings. The van der Waals surface area contributed by atoms with Gasteiger partial charge in [0.15, 0.2) is 0 Å². The maximum atomic E-state index is 3.65. The predicted octanol–water partition coefficient (Wildman–Crippen LogP) is 1.20. The largest absolute Gasteiger partial charge is 0.368 e. The van der Waals surface area contributed by atoms with Crippen LogP contribution in [-0.2, 0) is 13.0 Å². The van der Waals surface area contributed by atoms with Crippen LogP contribution < -0.4 is 15.5 Å². The molecule has 0 aromatic heterocycles. The van der Waals surface area contributed by atoms with Crippen molar-refractivity contribution in [3.8, 4) is 0 Å². The monoisotopic (exact) mass is 300 g/mol. The fourth-order valence-electron chi connectivity index (χ4n) is 4.49. The third kappa shape index (κ3) is 2.64. The van der Waals surface area contributed by atoms with E-state index in [4.69, 9.17) is 0 Å². The highest BCUT2D eigenvalue weighted by Crippen LogP contribution is 2.31. The van der Waals surface area contributed by atoms with Crippen LogP contribution in [0, 0.1) is 0 Å². The van der Waals surface area contributed by atoms with Gasteiger partial charge in [0.25, 0.3) is 0 Å². The molecule has 22 heavy (non-hydrogen) atoms. The second kappa shape index (κ2) is 6.19. The Morgan fingerprint density at radius 1 is 1.27 bits per heavy atom. The van der Waals surface area contributed by atoms with Crippen molar-refractivity contribution in [3.63, 3.8) is 0 Å². The summed E-state index contributed by atoms with van der Waals surface area (Å²) in [5, 5.41) is 6.97. The summed E-state index contributed by atoms with van der Waals surface area (Å²) >= 11 is 0. The van der Waals surface area contributed by atoms with Gasteiger partial charge in [-0.2, -0.15) is 0 Å². The molecular weight excluding hydrogens is 272 g/mol. The standard InChI is InChI=1S/C18H28N4/c1-19-12-15-10-17-14(11-20-15)4-2-6-18(17)22-9-8-21-7-3-5-16(21)13-22/h2,4,6,15-16,19-20H,3,5,7-13H2,1H3. The van der Waals surface area contributed by atoms with Gasteiger partial charge in [-0.25, -0.2) is 0 Å². The Bertz CT molecular complexity index is 530. The van der Waals surface area contributed by atoms with Crippen LogP contribution in [0.2, 0.25) is 0 Å². The topological polar surface area (TPSA) is 30.5 Å². The maximum Gasteiger partial charge on any atom is 0.0403 e. The smallest absolute Gasteiger partial charge is 0.0403 e. The lowest BCUT2D eigenvalue weighted by Crippen LogP contribution is -2.51. The number of hydrogen-bond acceptors (Lipinski definition) is 4. The van der Waals surface area contributed by atoms with Gasteiger partial charge in [-0.15, -0.1) is 0 Å². The molecule has 3 aliphatic heterocycles. The second-order valence-electron chi connectivity index (χ2n) is 7.03. The van der Waals surface area contributed by atoms with Crippen molar-refractivity contribution in [1.82, 2.24) is 15.5 Å². The summed E-state index contributed by atoms with van der Waals surface area (Å²) in [6.45, 7) is 7.03. The highest BCUT2D eigenvalue weighted by atomic mass is 15.3. The van der Waals surface area contributed by atoms with Gasteiger partial charge in [-0.1, -0.05) is 12.1 Å². The number of anilines is 1. The predicted molar refractivity (Wildman–Crippen MR) is 91.5 cm³/mol. The average molecular weight is 300 g/mol. The molecule has 1 aromatic carbocycles. The fourth-order valence-corrected chi connectivity index (χ4v) is 4.49. The molecule has 0 radical (unpaired) electrons. The molecule has 0 spiro atoms. The lowest BCUT2D eigenvalue weighted by Gasteiger charge is -2.41. The minimum atomic E-state index is 0.561. The highest BCUT2D eigenvalue weighted by Gasteiger charge is 2.32. The minimum Gasteiger partial charge on any atom is -0.368 e. The van der Waals surface area contributed by atoms with Gasteiger partial charge < -0.3 is 15.5 Å². The van der Waals surface area contributed by atoms with Crippen molar-refractivity contribution >= 4 is 5.69 Å². The molecule has 4 rings (SSSR count). The van der Waals surface area contributed by atoms with Crippen molar-refractivity contribution in [2.45, 2.75) is 37.9 Å². The van der Waals surface area contributed by atoms with Crippen molar-refractivity contribution < 1.29 is 0 Å². The molecule has 1 aromatic rings. The molecule has 0 aliphatic carbocycles. The Morgan fingerprint density at radius 2 is 2.23 bits per heavy atom. The second-order valence-corrected chi connectivity index (χ2v) is 7.03. The van der Waals surface area contributed by atoms with Gasteiger partial charge in [-0.05, 0) is 50.0 Å². The molecular formula is C18H28N4. The molecule has 0 bridgehead atoms. The van der Waals surface area contributed by atoms with Crippen LogP contribution in [0.5, 0.6) is 0 Å². The molecule has 2 saturated heterocycles. The van der Waals surface area contributed by atoms with E-state index < -0.39 is 0 Å². The van der Waals surface area contributed by atoms with E-state index >= 15 is 0 Å². The Balaban J connectivity index is 1.57. The average Bonchev–Trinajstić information content (AvgIpc) is 3.02. The molecule has 2 N–H and O–H groups in total. The number of likely N-dealkylation sites (N-methyl/N-ethyl adjacent to an activating group) is 1. The van der Waals surface area contributed by atoms with Crippen LogP contribution >= 0.6 is 0 Å². The van der Waals surface area contributed by atoms with E-state index in [-0.39, 0.29) is 0 Å². The lowest BCUT2D eigenvalue weighted by atomic mass is 9.93. The lowest BCUT2D eigenvalue weighted by molar-refractivity contribution is 0.230. The van der Waals surface area contributed by atoms with E-state index in [0.717, 1.165) is 25.6 Å². The SMILES string of the molecule is CNCC1Cc2c(cccc2N2CCN3CCCC3C2)CN1. The Labute approximate surface area is 133 Å². The Hall–Kier alpha value is -1.10. The molecule has 120 valence electrons. The fraction of sp³-hybridized carbons (Fsp3) is 0.667. The van der Waals surface area contributed by atoms with Gasteiger partial charge >= 0.3 is 0 Å². The molecule has 2 atom stereocenters. The highest BCUT2D eigenvalue weighted by molar-refractivity contribution is 5.58. The van der Waals surface area contributed by atoms with E-state index in [0.29, 0.717) is 6.04 Å². The van der Waals surface area contributed by atoms with Crippen LogP contribution in [0.15, 0.2) is 18.2 Å². The zero-order valence-corrected chi connectivity index (χ0v) is 13.6. The number of fused-ring (bicyclic) bond motifs is 2. The van der Waals surface area contributed by atoms with E-state index in [1.807, 2.05) is 7.05 Å². The summed E-state index contributed by atoms with van der Waals surface area (Å²) < 4.78 is 0. The number of piperazine rings is 1. The third-order valence-electron chi connectivity index (χ3n) is 5.66. The molecule has 4 nitrogen and oxygen atoms in total. The van der Waals surface area contributed by atoms with Gasteiger partial charge in [-0.3, -0.25) is 4.90 Å². The molecule has 3 aliphatic rings. The zero-order chi connectivity index (χ0) is 14.9. The van der Waals surface area contributed by atoms with E-state index in [1.54, 1.807) is 5.56 Å². The summed E-state index contributed by atoms with van der Waals surface area (Å²) in [6, 6.07) is 8.25. The van der Waals surface area contributed by atoms with Crippen LogP contribution in [0.4, 0.5) is 5.69 Å². The summed E-state index contributed by atoms with van der Waals surface area (Å²) in [7, 11) is 2.04. The number of benzene rings is 1. The molecule has 4 heteroatoms. The summed E-state index contributed by atoms with van der Waals surface area (Å²) in [5.74, 6) is 0. The van der Waals surface area contributed by atoms with Gasteiger partial charge in [0.1, 0.15) is 0 Å². The van der Waals surface area contributed by atoms with E-state index in [2.05, 4.69) is 38.6 Å². The van der Waals surface area contributed by atoms with Crippen LogP contribution in [0.1, 0.15) is 24.0 Å². The number of rotatable bonds is 3. The van der Waals surface area contributed by atoms with Crippen molar-refractivity contribution in [1.29, 1.82) is 0 Å². The minimum absolute atomic E-state index is 0.561. The van der Waals surface area contributed by atoms with Gasteiger partial charge in [0, 0.05) is 50.5 Å². The van der Waals surface area contributed by atoms with Crippen molar-refractivity contribution in [2.24, 2.45) is 0 Å². The first kappa shape index (κ1) is 14.5. The number of hydrogen-bond donors (Lipinski definition) is 2. The summed E-state index contributed by atoms with van der Waals surface area (Å²) in [4.78, 5) is 5.35. The Morgan fingerprint density at radius 3 is 3.14 bits per heavy atom. The third-order valence-corrected chi connectivity index (χ3v) is 5.66. The van der Waals surface area contributed by atoms with E-state index in [9.17, 15) is 0 Å². The number of nitrogens with one attached hydrogen (secondary N) is 2. The van der Waals surface area contributed by atoms with Crippen molar-refractivity contribution in [2.75, 3.05) is 44.7 Å². The van der Waals surface area contributed by atoms with Crippen LogP contribution in [-0.4, -0.2) is 56.8 Å². The maximum absolute atomic E-state index is 3.65.